The summed E-state index contributed by atoms with van der Waals surface area (Å²) < 4.78 is 0. The molecular formula is C36H62N12O6S12. The van der Waals surface area contributed by atoms with Crippen LogP contribution in [0.2, 0.25) is 0 Å². The molecule has 374 valence electrons. The maximum absolute atomic E-state index is 14.1. The van der Waals surface area contributed by atoms with E-state index >= 15 is 0 Å². The summed E-state index contributed by atoms with van der Waals surface area (Å²) >= 11 is 35.3. The standard InChI is InChI=1S/C36H62N12O6S12/c49-31-37(1-13-55)25-28(43(31)7-19-61)45(33(51)39(25)3-15-57)9-21-63-65-23-11-47-30-27(41(5-17-59)35(47)53)42(6-18-60)36(54)48(30)12-24-66-64-22-10-46-29-26(40(4-16-58)34(46)52)38(2-14-56)32(50)44(29)8-20-62/h25-30,55-62H,1-24H2. The van der Waals surface area contributed by atoms with Crippen LogP contribution in [0.1, 0.15) is 0 Å². The Morgan fingerprint density at radius 2 is 0.364 bits per heavy atom. The number of urea groups is 6. The molecule has 12 amide bonds. The second-order valence-electron chi connectivity index (χ2n) is 15.6. The maximum Gasteiger partial charge on any atom is 0.323 e. The predicted octanol–water partition coefficient (Wildman–Crippen LogP) is 3.57. The smallest absolute Gasteiger partial charge is 0.299 e. The first kappa shape index (κ1) is 55.1. The van der Waals surface area contributed by atoms with Gasteiger partial charge in [-0.25, -0.2) is 28.8 Å². The van der Waals surface area contributed by atoms with Gasteiger partial charge in [0.1, 0.15) is 37.0 Å². The van der Waals surface area contributed by atoms with E-state index in [0.29, 0.717) is 148 Å². The van der Waals surface area contributed by atoms with Gasteiger partial charge in [-0.15, -0.1) is 0 Å². The molecule has 66 heavy (non-hydrogen) atoms. The van der Waals surface area contributed by atoms with Gasteiger partial charge < -0.3 is 0 Å². The molecule has 6 heterocycles. The highest BCUT2D eigenvalue weighted by Crippen LogP contribution is 2.39. The quantitative estimate of drug-likeness (QED) is 0.0306. The Balaban J connectivity index is 1.04. The van der Waals surface area contributed by atoms with Crippen molar-refractivity contribution in [2.75, 3.05) is 148 Å². The Morgan fingerprint density at radius 1 is 0.242 bits per heavy atom. The van der Waals surface area contributed by atoms with Crippen molar-refractivity contribution in [1.29, 1.82) is 0 Å². The molecule has 6 saturated heterocycles. The largest absolute Gasteiger partial charge is 0.323 e. The molecule has 0 N–H and O–H groups in total. The van der Waals surface area contributed by atoms with Crippen LogP contribution in [0.3, 0.4) is 0 Å². The molecule has 0 aliphatic carbocycles. The molecule has 6 aliphatic heterocycles. The van der Waals surface area contributed by atoms with Crippen LogP contribution in [0.5, 0.6) is 0 Å². The fourth-order valence-electron chi connectivity index (χ4n) is 9.66. The molecule has 0 aromatic heterocycles. The number of amides is 12. The zero-order valence-corrected chi connectivity index (χ0v) is 46.9. The van der Waals surface area contributed by atoms with E-state index in [1.807, 2.05) is 0 Å². The van der Waals surface area contributed by atoms with Crippen molar-refractivity contribution in [3.63, 3.8) is 0 Å². The summed E-state index contributed by atoms with van der Waals surface area (Å²) in [4.78, 5) is 104. The van der Waals surface area contributed by atoms with Gasteiger partial charge in [0.2, 0.25) is 0 Å². The van der Waals surface area contributed by atoms with Crippen LogP contribution in [-0.4, -0.2) is 280 Å². The number of thiol groups is 8. The van der Waals surface area contributed by atoms with E-state index in [4.69, 9.17) is 0 Å². The highest BCUT2D eigenvalue weighted by molar-refractivity contribution is 8.77. The third kappa shape index (κ3) is 11.2. The van der Waals surface area contributed by atoms with E-state index in [1.165, 1.54) is 0 Å². The number of fused-ring (bicyclic) bond motifs is 3. The SMILES string of the molecule is O=C1N(CCS)C2C(N1CCS)N(CCSSCCN1C(=O)N(CCS)C3C1N(CCSSCCN1C(=O)N(CCS)C4C1N(CCS)C(=O)N4CCS)C(=O)N3CCS)C(=O)N2CCS. The lowest BCUT2D eigenvalue weighted by atomic mass is 10.3. The van der Waals surface area contributed by atoms with Gasteiger partial charge in [-0.3, -0.25) is 58.8 Å². The van der Waals surface area contributed by atoms with Crippen molar-refractivity contribution in [1.82, 2.24) is 58.8 Å². The molecule has 0 spiro atoms. The van der Waals surface area contributed by atoms with Gasteiger partial charge >= 0.3 is 36.2 Å². The van der Waals surface area contributed by atoms with E-state index in [-0.39, 0.29) is 36.2 Å². The summed E-state index contributed by atoms with van der Waals surface area (Å²) in [6.45, 7) is 4.95. The van der Waals surface area contributed by atoms with Gasteiger partial charge in [-0.1, -0.05) is 43.2 Å². The van der Waals surface area contributed by atoms with Gasteiger partial charge in [0.05, 0.1) is 0 Å². The van der Waals surface area contributed by atoms with Gasteiger partial charge in [-0.05, 0) is 0 Å². The second-order valence-corrected chi connectivity index (χ2v) is 24.6. The summed E-state index contributed by atoms with van der Waals surface area (Å²) in [6, 6.07) is -0.768. The topological polar surface area (TPSA) is 141 Å². The van der Waals surface area contributed by atoms with Crippen molar-refractivity contribution in [2.45, 2.75) is 37.0 Å². The van der Waals surface area contributed by atoms with E-state index < -0.39 is 37.0 Å². The van der Waals surface area contributed by atoms with Crippen molar-refractivity contribution < 1.29 is 28.8 Å². The monoisotopic (exact) mass is 1140 g/mol. The van der Waals surface area contributed by atoms with Crippen molar-refractivity contribution in [3.8, 4) is 0 Å². The molecular weight excluding hydrogens is 1080 g/mol. The molecule has 0 bridgehead atoms. The Kier molecular flexibility index (Phi) is 22.1. The molecule has 6 rings (SSSR count). The Morgan fingerprint density at radius 3 is 0.485 bits per heavy atom. The fraction of sp³-hybridized carbons (Fsp3) is 0.833. The lowest BCUT2D eigenvalue weighted by Crippen LogP contribution is -2.48. The van der Waals surface area contributed by atoms with Crippen LogP contribution in [0.4, 0.5) is 28.8 Å². The molecule has 4 atom stereocenters. The van der Waals surface area contributed by atoms with E-state index in [2.05, 4.69) is 101 Å². The highest BCUT2D eigenvalue weighted by Gasteiger charge is 2.61. The minimum absolute atomic E-state index is 0.121. The lowest BCUT2D eigenvalue weighted by molar-refractivity contribution is 0.136. The first-order valence-corrected chi connectivity index (χ1v) is 31.9. The summed E-state index contributed by atoms with van der Waals surface area (Å²) in [6.07, 6.45) is -2.66. The fourth-order valence-corrected chi connectivity index (χ4v) is 15.3. The number of hydrogen-bond acceptors (Lipinski definition) is 18. The Bertz CT molecular complexity index is 1590. The van der Waals surface area contributed by atoms with Crippen LogP contribution < -0.4 is 0 Å². The zero-order chi connectivity index (χ0) is 47.7. The third-order valence-electron chi connectivity index (χ3n) is 12.1. The van der Waals surface area contributed by atoms with Gasteiger partial charge in [0, 0.05) is 148 Å². The molecule has 4 unspecified atom stereocenters. The molecule has 0 aromatic carbocycles. The van der Waals surface area contributed by atoms with Crippen LogP contribution in [-0.2, 0) is 0 Å². The molecule has 0 saturated carbocycles. The molecule has 0 radical (unpaired) electrons. The summed E-state index contributed by atoms with van der Waals surface area (Å²) in [5.41, 5.74) is 0. The number of hydrogen-bond donors (Lipinski definition) is 8. The van der Waals surface area contributed by atoms with Crippen LogP contribution >= 0.6 is 144 Å². The summed E-state index contributed by atoms with van der Waals surface area (Å²) in [7, 11) is 6.42. The van der Waals surface area contributed by atoms with Gasteiger partial charge in [-0.2, -0.15) is 101 Å². The van der Waals surface area contributed by atoms with E-state index in [0.717, 1.165) is 0 Å². The second kappa shape index (κ2) is 26.5. The highest BCUT2D eigenvalue weighted by atomic mass is 33.1. The third-order valence-corrected chi connectivity index (χ3v) is 18.5. The average molecular weight is 1140 g/mol. The predicted molar refractivity (Wildman–Crippen MR) is 296 cm³/mol. The molecule has 0 aromatic rings. The van der Waals surface area contributed by atoms with Crippen molar-refractivity contribution in [2.24, 2.45) is 0 Å². The van der Waals surface area contributed by atoms with Crippen LogP contribution in [0.15, 0.2) is 0 Å². The van der Waals surface area contributed by atoms with E-state index in [9.17, 15) is 28.8 Å². The van der Waals surface area contributed by atoms with Gasteiger partial charge in [0.15, 0.2) is 0 Å². The van der Waals surface area contributed by atoms with Gasteiger partial charge in [0.25, 0.3) is 0 Å². The molecule has 6 fully saturated rings. The van der Waals surface area contributed by atoms with Crippen LogP contribution in [0, 0.1) is 0 Å². The molecule has 30 heteroatoms. The first-order valence-electron chi connectivity index (χ1n) is 21.8. The minimum atomic E-state index is -0.495. The number of carbonyl (C=O) groups excluding carboxylic acids is 6. The number of rotatable bonds is 30. The van der Waals surface area contributed by atoms with Crippen molar-refractivity contribution >= 4 is 180 Å². The minimum Gasteiger partial charge on any atom is -0.299 e. The molecule has 18 nitrogen and oxygen atoms in total. The van der Waals surface area contributed by atoms with Crippen LogP contribution in [0.25, 0.3) is 0 Å². The summed E-state index contributed by atoms with van der Waals surface area (Å²) in [5.74, 6) is 6.09. The van der Waals surface area contributed by atoms with Crippen molar-refractivity contribution in [3.05, 3.63) is 0 Å². The Hall–Kier alpha value is -0.180. The van der Waals surface area contributed by atoms with E-state index in [1.54, 1.807) is 102 Å². The Labute approximate surface area is 448 Å². The number of nitrogens with zero attached hydrogens (tertiary/aromatic N) is 12. The normalized spacial score (nSPS) is 25.3. The first-order chi connectivity index (χ1) is 32.0. The average Bonchev–Trinajstić information content (AvgIpc) is 4.05. The maximum atomic E-state index is 14.1. The number of carbonyl (C=O) groups is 6. The summed E-state index contributed by atoms with van der Waals surface area (Å²) in [5, 5.41) is 0. The molecule has 6 aliphatic rings. The zero-order valence-electron chi connectivity index (χ0n) is 36.5. The lowest BCUT2D eigenvalue weighted by Gasteiger charge is -2.30.